The summed E-state index contributed by atoms with van der Waals surface area (Å²) in [4.78, 5) is 1.36. The SMILES string of the molecule is Cn1nnc(-c2ccccc2NO)n1. The van der Waals surface area contributed by atoms with E-state index in [1.165, 1.54) is 4.80 Å². The van der Waals surface area contributed by atoms with Crippen molar-refractivity contribution in [1.29, 1.82) is 0 Å². The summed E-state index contributed by atoms with van der Waals surface area (Å²) in [6.07, 6.45) is 0. The van der Waals surface area contributed by atoms with Gasteiger partial charge in [0.15, 0.2) is 0 Å². The van der Waals surface area contributed by atoms with Gasteiger partial charge in [-0.05, 0) is 17.3 Å². The summed E-state index contributed by atoms with van der Waals surface area (Å²) in [6, 6.07) is 7.17. The molecule has 0 saturated heterocycles. The molecule has 72 valence electrons. The second kappa shape index (κ2) is 3.43. The first-order valence-corrected chi connectivity index (χ1v) is 4.05. The lowest BCUT2D eigenvalue weighted by molar-refractivity contribution is 0.389. The number of benzene rings is 1. The Labute approximate surface area is 80.1 Å². The molecular weight excluding hydrogens is 182 g/mol. The minimum absolute atomic E-state index is 0.477. The minimum atomic E-state index is 0.477. The molecular formula is C8H9N5O. The molecule has 0 bridgehead atoms. The lowest BCUT2D eigenvalue weighted by Crippen LogP contribution is -1.94. The van der Waals surface area contributed by atoms with Gasteiger partial charge in [-0.3, -0.25) is 10.7 Å². The van der Waals surface area contributed by atoms with Crippen LogP contribution in [0.5, 0.6) is 0 Å². The van der Waals surface area contributed by atoms with Gasteiger partial charge in [-0.2, -0.15) is 4.80 Å². The van der Waals surface area contributed by atoms with E-state index in [1.807, 2.05) is 6.07 Å². The summed E-state index contributed by atoms with van der Waals surface area (Å²) < 4.78 is 0. The van der Waals surface area contributed by atoms with Crippen molar-refractivity contribution >= 4 is 5.69 Å². The van der Waals surface area contributed by atoms with Gasteiger partial charge in [0, 0.05) is 5.56 Å². The smallest absolute Gasteiger partial charge is 0.207 e. The van der Waals surface area contributed by atoms with Crippen molar-refractivity contribution in [3.05, 3.63) is 24.3 Å². The summed E-state index contributed by atoms with van der Waals surface area (Å²) >= 11 is 0. The molecule has 0 amide bonds. The maximum atomic E-state index is 8.85. The zero-order valence-corrected chi connectivity index (χ0v) is 7.55. The Morgan fingerprint density at radius 2 is 2.14 bits per heavy atom. The number of tetrazole rings is 1. The second-order valence-corrected chi connectivity index (χ2v) is 2.76. The molecule has 0 spiro atoms. The average molecular weight is 191 g/mol. The number of rotatable bonds is 2. The van der Waals surface area contributed by atoms with Crippen LogP contribution in [-0.2, 0) is 7.05 Å². The molecule has 0 aliphatic heterocycles. The van der Waals surface area contributed by atoms with E-state index < -0.39 is 0 Å². The molecule has 0 aliphatic rings. The van der Waals surface area contributed by atoms with Crippen LogP contribution < -0.4 is 5.48 Å². The zero-order chi connectivity index (χ0) is 9.97. The van der Waals surface area contributed by atoms with Crippen LogP contribution in [0.4, 0.5) is 5.69 Å². The molecule has 0 unspecified atom stereocenters. The third kappa shape index (κ3) is 1.42. The highest BCUT2D eigenvalue weighted by Gasteiger charge is 2.08. The standard InChI is InChI=1S/C8H9N5O/c1-13-10-8(9-12-13)6-4-2-3-5-7(6)11-14/h2-5,11,14H,1H3. The van der Waals surface area contributed by atoms with Crippen molar-refractivity contribution < 1.29 is 5.21 Å². The van der Waals surface area contributed by atoms with Crippen LogP contribution in [-0.4, -0.2) is 25.4 Å². The van der Waals surface area contributed by atoms with Crippen LogP contribution in [0, 0.1) is 0 Å². The number of hydrogen-bond acceptors (Lipinski definition) is 5. The van der Waals surface area contributed by atoms with Crippen molar-refractivity contribution in [1.82, 2.24) is 20.2 Å². The van der Waals surface area contributed by atoms with Crippen molar-refractivity contribution in [3.63, 3.8) is 0 Å². The molecule has 2 aromatic rings. The molecule has 2 N–H and O–H groups in total. The van der Waals surface area contributed by atoms with E-state index >= 15 is 0 Å². The monoisotopic (exact) mass is 191 g/mol. The van der Waals surface area contributed by atoms with Gasteiger partial charge in [-0.15, -0.1) is 10.2 Å². The summed E-state index contributed by atoms with van der Waals surface area (Å²) in [5, 5.41) is 20.4. The molecule has 6 nitrogen and oxygen atoms in total. The van der Waals surface area contributed by atoms with Crippen molar-refractivity contribution in [2.24, 2.45) is 7.05 Å². The van der Waals surface area contributed by atoms with E-state index in [0.29, 0.717) is 17.1 Å². The van der Waals surface area contributed by atoms with E-state index in [9.17, 15) is 0 Å². The maximum Gasteiger partial charge on any atom is 0.207 e. The van der Waals surface area contributed by atoms with Gasteiger partial charge in [0.05, 0.1) is 12.7 Å². The Kier molecular flexibility index (Phi) is 2.11. The Morgan fingerprint density at radius 3 is 2.79 bits per heavy atom. The number of aryl methyl sites for hydroxylation is 1. The molecule has 0 atom stereocenters. The van der Waals surface area contributed by atoms with Crippen molar-refractivity contribution in [2.45, 2.75) is 0 Å². The molecule has 2 rings (SSSR count). The van der Waals surface area contributed by atoms with Crippen LogP contribution in [0.1, 0.15) is 0 Å². The van der Waals surface area contributed by atoms with E-state index in [0.717, 1.165) is 0 Å². The second-order valence-electron chi connectivity index (χ2n) is 2.76. The van der Waals surface area contributed by atoms with Crippen LogP contribution in [0.25, 0.3) is 11.4 Å². The number of hydrogen-bond donors (Lipinski definition) is 2. The van der Waals surface area contributed by atoms with E-state index in [2.05, 4.69) is 20.9 Å². The number of para-hydroxylation sites is 1. The average Bonchev–Trinajstić information content (AvgIpc) is 2.65. The molecule has 0 aliphatic carbocycles. The highest BCUT2D eigenvalue weighted by molar-refractivity contribution is 5.71. The number of anilines is 1. The lowest BCUT2D eigenvalue weighted by atomic mass is 10.2. The van der Waals surface area contributed by atoms with Crippen LogP contribution in [0.15, 0.2) is 24.3 Å². The Hall–Kier alpha value is -1.95. The van der Waals surface area contributed by atoms with Gasteiger partial charge in [0.25, 0.3) is 0 Å². The van der Waals surface area contributed by atoms with Crippen LogP contribution in [0.3, 0.4) is 0 Å². The first kappa shape index (κ1) is 8.64. The predicted molar refractivity (Wildman–Crippen MR) is 49.6 cm³/mol. The number of aromatic nitrogens is 4. The summed E-state index contributed by atoms with van der Waals surface area (Å²) in [5.74, 6) is 0.477. The fourth-order valence-electron chi connectivity index (χ4n) is 1.17. The lowest BCUT2D eigenvalue weighted by Gasteiger charge is -2.02. The topological polar surface area (TPSA) is 75.9 Å². The molecule has 1 aromatic carbocycles. The van der Waals surface area contributed by atoms with Gasteiger partial charge in [0.2, 0.25) is 5.82 Å². The summed E-state index contributed by atoms with van der Waals surface area (Å²) in [5.41, 5.74) is 3.35. The highest BCUT2D eigenvalue weighted by atomic mass is 16.5. The molecule has 0 fully saturated rings. The Balaban J connectivity index is 2.50. The Morgan fingerprint density at radius 1 is 1.36 bits per heavy atom. The molecule has 0 saturated carbocycles. The first-order chi connectivity index (χ1) is 6.81. The normalized spacial score (nSPS) is 10.1. The fraction of sp³-hybridized carbons (Fsp3) is 0.125. The summed E-state index contributed by atoms with van der Waals surface area (Å²) in [7, 11) is 1.69. The van der Waals surface area contributed by atoms with Gasteiger partial charge < -0.3 is 0 Å². The molecule has 1 aromatic heterocycles. The maximum absolute atomic E-state index is 8.85. The van der Waals surface area contributed by atoms with E-state index in [-0.39, 0.29) is 0 Å². The largest absolute Gasteiger partial charge is 0.291 e. The Bertz CT molecular complexity index is 439. The molecule has 0 radical (unpaired) electrons. The third-order valence-corrected chi connectivity index (χ3v) is 1.80. The van der Waals surface area contributed by atoms with Crippen LogP contribution >= 0.6 is 0 Å². The van der Waals surface area contributed by atoms with Gasteiger partial charge in [-0.1, -0.05) is 12.1 Å². The van der Waals surface area contributed by atoms with Gasteiger partial charge >= 0.3 is 0 Å². The van der Waals surface area contributed by atoms with E-state index in [1.54, 1.807) is 25.2 Å². The third-order valence-electron chi connectivity index (χ3n) is 1.80. The highest BCUT2D eigenvalue weighted by Crippen LogP contribution is 2.22. The summed E-state index contributed by atoms with van der Waals surface area (Å²) in [6.45, 7) is 0. The van der Waals surface area contributed by atoms with Gasteiger partial charge in [-0.25, -0.2) is 0 Å². The molecule has 14 heavy (non-hydrogen) atoms. The fourth-order valence-corrected chi connectivity index (χ4v) is 1.17. The number of nitrogens with zero attached hydrogens (tertiary/aromatic N) is 4. The zero-order valence-electron chi connectivity index (χ0n) is 7.55. The number of nitrogens with one attached hydrogen (secondary N) is 1. The van der Waals surface area contributed by atoms with Crippen molar-refractivity contribution in [3.8, 4) is 11.4 Å². The van der Waals surface area contributed by atoms with E-state index in [4.69, 9.17) is 5.21 Å². The predicted octanol–water partition coefficient (Wildman–Crippen LogP) is 0.678. The molecule has 1 heterocycles. The molecule has 6 heteroatoms. The first-order valence-electron chi connectivity index (χ1n) is 4.05. The quantitative estimate of drug-likeness (QED) is 0.682. The van der Waals surface area contributed by atoms with Crippen molar-refractivity contribution in [2.75, 3.05) is 5.48 Å². The van der Waals surface area contributed by atoms with Crippen LogP contribution in [0.2, 0.25) is 0 Å². The minimum Gasteiger partial charge on any atom is -0.291 e. The van der Waals surface area contributed by atoms with Gasteiger partial charge in [0.1, 0.15) is 0 Å².